The second kappa shape index (κ2) is 9.90. The van der Waals surface area contributed by atoms with Crippen molar-refractivity contribution in [2.24, 2.45) is 0 Å². The lowest BCUT2D eigenvalue weighted by Gasteiger charge is -2.21. The molecule has 1 heterocycles. The maximum Gasteiger partial charge on any atom is 0.274 e. The minimum absolute atomic E-state index is 0.0233. The van der Waals surface area contributed by atoms with Crippen molar-refractivity contribution < 1.29 is 28.9 Å². The van der Waals surface area contributed by atoms with Crippen LogP contribution in [0.4, 0.5) is 0 Å². The standard InChI is InChI=1S/C13H20N4O6S/c1-7-4-8(17-23-7)11(18)14-9(5-22-2)12(19)15-10(6-24-3)13(20)16-21/h4,9-10,21H,5-6H2,1-3H3,(H,14,18)(H,15,19)(H,16,20)/t9-,10+/m0/s1. The summed E-state index contributed by atoms with van der Waals surface area (Å²) >= 11 is 1.31. The first-order valence-corrected chi connectivity index (χ1v) is 8.28. The molecule has 0 fully saturated rings. The Labute approximate surface area is 142 Å². The Kier molecular flexibility index (Phi) is 8.22. The summed E-state index contributed by atoms with van der Waals surface area (Å²) in [5, 5.41) is 17.2. The quantitative estimate of drug-likeness (QED) is 0.327. The van der Waals surface area contributed by atoms with Gasteiger partial charge in [0.1, 0.15) is 17.8 Å². The van der Waals surface area contributed by atoms with Gasteiger partial charge in [0, 0.05) is 18.9 Å². The number of hydroxylamine groups is 1. The first kappa shape index (κ1) is 19.9. The van der Waals surface area contributed by atoms with Crippen molar-refractivity contribution in [3.8, 4) is 0 Å². The van der Waals surface area contributed by atoms with E-state index in [-0.39, 0.29) is 18.1 Å². The van der Waals surface area contributed by atoms with Crippen LogP contribution < -0.4 is 16.1 Å². The number of nitrogens with zero attached hydrogens (tertiary/aromatic N) is 1. The molecule has 0 spiro atoms. The summed E-state index contributed by atoms with van der Waals surface area (Å²) < 4.78 is 9.72. The second-order valence-electron chi connectivity index (χ2n) is 4.80. The number of thioether (sulfide) groups is 1. The lowest BCUT2D eigenvalue weighted by Crippen LogP contribution is -2.55. The Balaban J connectivity index is 2.76. The zero-order valence-electron chi connectivity index (χ0n) is 13.5. The molecule has 0 aromatic carbocycles. The molecule has 0 saturated carbocycles. The fourth-order valence-corrected chi connectivity index (χ4v) is 2.32. The molecule has 0 aliphatic carbocycles. The molecule has 134 valence electrons. The Bertz CT molecular complexity index is 579. The van der Waals surface area contributed by atoms with Gasteiger partial charge in [-0.25, -0.2) is 5.48 Å². The predicted octanol–water partition coefficient (Wildman–Crippen LogP) is -0.919. The number of aromatic nitrogens is 1. The van der Waals surface area contributed by atoms with Crippen LogP contribution in [0.15, 0.2) is 10.6 Å². The average molecular weight is 360 g/mol. The molecule has 1 aromatic rings. The summed E-state index contributed by atoms with van der Waals surface area (Å²) in [6.07, 6.45) is 1.74. The molecule has 0 aliphatic rings. The maximum absolute atomic E-state index is 12.3. The number of amides is 3. The number of rotatable bonds is 9. The molecule has 0 unspecified atom stereocenters. The van der Waals surface area contributed by atoms with Crippen molar-refractivity contribution in [3.63, 3.8) is 0 Å². The van der Waals surface area contributed by atoms with Crippen molar-refractivity contribution in [1.29, 1.82) is 0 Å². The number of nitrogens with one attached hydrogen (secondary N) is 3. The summed E-state index contributed by atoms with van der Waals surface area (Å²) in [6.45, 7) is 1.52. The van der Waals surface area contributed by atoms with Gasteiger partial charge in [0.15, 0.2) is 5.69 Å². The lowest BCUT2D eigenvalue weighted by atomic mass is 10.2. The number of carbonyl (C=O) groups is 3. The molecule has 0 saturated heterocycles. The van der Waals surface area contributed by atoms with Gasteiger partial charge in [-0.3, -0.25) is 19.6 Å². The van der Waals surface area contributed by atoms with Crippen LogP contribution >= 0.6 is 11.8 Å². The average Bonchev–Trinajstić information content (AvgIpc) is 2.99. The van der Waals surface area contributed by atoms with Gasteiger partial charge < -0.3 is 19.9 Å². The van der Waals surface area contributed by atoms with Crippen LogP contribution in [0.1, 0.15) is 16.2 Å². The maximum atomic E-state index is 12.3. The molecule has 0 bridgehead atoms. The van der Waals surface area contributed by atoms with Crippen LogP contribution in [0.3, 0.4) is 0 Å². The monoisotopic (exact) mass is 360 g/mol. The second-order valence-corrected chi connectivity index (χ2v) is 5.71. The Morgan fingerprint density at radius 2 is 2.04 bits per heavy atom. The topological polar surface area (TPSA) is 143 Å². The first-order chi connectivity index (χ1) is 11.4. The molecule has 0 aliphatic heterocycles. The van der Waals surface area contributed by atoms with E-state index >= 15 is 0 Å². The molecular weight excluding hydrogens is 340 g/mol. The van der Waals surface area contributed by atoms with E-state index < -0.39 is 29.8 Å². The van der Waals surface area contributed by atoms with E-state index in [9.17, 15) is 14.4 Å². The van der Waals surface area contributed by atoms with Crippen molar-refractivity contribution >= 4 is 29.5 Å². The Morgan fingerprint density at radius 3 is 2.54 bits per heavy atom. The molecule has 11 heteroatoms. The van der Waals surface area contributed by atoms with Crippen molar-refractivity contribution in [3.05, 3.63) is 17.5 Å². The zero-order valence-corrected chi connectivity index (χ0v) is 14.3. The number of aryl methyl sites for hydroxylation is 1. The largest absolute Gasteiger partial charge is 0.382 e. The van der Waals surface area contributed by atoms with Crippen molar-refractivity contribution in [1.82, 2.24) is 21.3 Å². The van der Waals surface area contributed by atoms with E-state index in [1.165, 1.54) is 30.4 Å². The summed E-state index contributed by atoms with van der Waals surface area (Å²) in [7, 11) is 1.37. The third-order valence-electron chi connectivity index (χ3n) is 2.89. The highest BCUT2D eigenvalue weighted by atomic mass is 32.2. The molecule has 2 atom stereocenters. The van der Waals surface area contributed by atoms with Crippen LogP contribution in [0, 0.1) is 6.92 Å². The molecule has 0 radical (unpaired) electrons. The van der Waals surface area contributed by atoms with Gasteiger partial charge in [-0.2, -0.15) is 11.8 Å². The highest BCUT2D eigenvalue weighted by Gasteiger charge is 2.27. The lowest BCUT2D eigenvalue weighted by molar-refractivity contribution is -0.134. The van der Waals surface area contributed by atoms with Gasteiger partial charge in [-0.1, -0.05) is 5.16 Å². The van der Waals surface area contributed by atoms with Crippen LogP contribution in [0.25, 0.3) is 0 Å². The SMILES string of the molecule is COC[C@H](NC(=O)c1cc(C)on1)C(=O)N[C@H](CSC)C(=O)NO. The molecule has 24 heavy (non-hydrogen) atoms. The first-order valence-electron chi connectivity index (χ1n) is 6.89. The van der Waals surface area contributed by atoms with E-state index in [1.807, 2.05) is 0 Å². The number of hydrogen-bond donors (Lipinski definition) is 4. The van der Waals surface area contributed by atoms with Crippen LogP contribution in [0.5, 0.6) is 0 Å². The molecule has 3 amide bonds. The molecule has 1 aromatic heterocycles. The van der Waals surface area contributed by atoms with Gasteiger partial charge in [0.25, 0.3) is 11.8 Å². The van der Waals surface area contributed by atoms with Crippen molar-refractivity contribution in [2.45, 2.75) is 19.0 Å². The molecular formula is C13H20N4O6S. The van der Waals surface area contributed by atoms with Gasteiger partial charge in [-0.05, 0) is 13.2 Å². The minimum atomic E-state index is -1.05. The molecule has 1 rings (SSSR count). The zero-order chi connectivity index (χ0) is 18.1. The van der Waals surface area contributed by atoms with E-state index in [0.29, 0.717) is 5.76 Å². The smallest absolute Gasteiger partial charge is 0.274 e. The van der Waals surface area contributed by atoms with Crippen LogP contribution in [-0.4, -0.2) is 65.9 Å². The summed E-state index contributed by atoms with van der Waals surface area (Å²) in [4.78, 5) is 35.9. The van der Waals surface area contributed by atoms with Gasteiger partial charge in [0.2, 0.25) is 5.91 Å². The predicted molar refractivity (Wildman–Crippen MR) is 84.6 cm³/mol. The van der Waals surface area contributed by atoms with Gasteiger partial charge in [-0.15, -0.1) is 0 Å². The van der Waals surface area contributed by atoms with Gasteiger partial charge in [0.05, 0.1) is 6.61 Å². The van der Waals surface area contributed by atoms with E-state index in [2.05, 4.69) is 15.8 Å². The third-order valence-corrected chi connectivity index (χ3v) is 3.56. The number of hydrogen-bond acceptors (Lipinski definition) is 8. The fraction of sp³-hybridized carbons (Fsp3) is 0.538. The van der Waals surface area contributed by atoms with Crippen LogP contribution in [0.2, 0.25) is 0 Å². The minimum Gasteiger partial charge on any atom is -0.382 e. The normalized spacial score (nSPS) is 13.0. The van der Waals surface area contributed by atoms with E-state index in [4.69, 9.17) is 14.5 Å². The Morgan fingerprint density at radius 1 is 1.33 bits per heavy atom. The number of ether oxygens (including phenoxy) is 1. The summed E-state index contributed by atoms with van der Waals surface area (Å²) in [5.74, 6) is -1.31. The van der Waals surface area contributed by atoms with Gasteiger partial charge >= 0.3 is 0 Å². The van der Waals surface area contributed by atoms with Crippen molar-refractivity contribution in [2.75, 3.05) is 25.7 Å². The molecule has 4 N–H and O–H groups in total. The van der Waals surface area contributed by atoms with E-state index in [1.54, 1.807) is 13.2 Å². The Hall–Kier alpha value is -2.11. The number of carbonyl (C=O) groups excluding carboxylic acids is 3. The molecule has 10 nitrogen and oxygen atoms in total. The third kappa shape index (κ3) is 5.83. The summed E-state index contributed by atoms with van der Waals surface area (Å²) in [5.41, 5.74) is 1.51. The fourth-order valence-electron chi connectivity index (χ4n) is 1.75. The summed E-state index contributed by atoms with van der Waals surface area (Å²) in [6, 6.07) is -0.578. The van der Waals surface area contributed by atoms with E-state index in [0.717, 1.165) is 0 Å². The van der Waals surface area contributed by atoms with Crippen LogP contribution in [-0.2, 0) is 14.3 Å². The highest BCUT2D eigenvalue weighted by Crippen LogP contribution is 2.03. The number of methoxy groups -OCH3 is 1. The highest BCUT2D eigenvalue weighted by molar-refractivity contribution is 7.98.